The van der Waals surface area contributed by atoms with Crippen molar-refractivity contribution in [3.05, 3.63) is 34.5 Å². The highest BCUT2D eigenvalue weighted by Gasteiger charge is 2.56. The van der Waals surface area contributed by atoms with Gasteiger partial charge in [0.05, 0.1) is 30.5 Å². The van der Waals surface area contributed by atoms with E-state index in [0.717, 1.165) is 50.6 Å². The van der Waals surface area contributed by atoms with E-state index in [-0.39, 0.29) is 17.4 Å². The molecule has 2 aliphatic carbocycles. The summed E-state index contributed by atoms with van der Waals surface area (Å²) in [6.07, 6.45) is 7.86. The van der Waals surface area contributed by atoms with E-state index in [1.54, 1.807) is 4.90 Å². The van der Waals surface area contributed by atoms with Crippen LogP contribution in [-0.2, 0) is 51.8 Å². The van der Waals surface area contributed by atoms with E-state index in [0.29, 0.717) is 13.2 Å². The SMILES string of the molecule is NS(=O)(=O)c1cnn2c1OCC1(COC1N(C=O)c1c3c(cc4c1CCC4)CCC3)C2. The number of anilines is 1. The second kappa shape index (κ2) is 6.54. The number of hydrogen-bond acceptors (Lipinski definition) is 6. The molecule has 10 heteroatoms. The second-order valence-corrected chi connectivity index (χ2v) is 10.6. The number of aromatic nitrogens is 2. The van der Waals surface area contributed by atoms with Gasteiger partial charge in [-0.15, -0.1) is 0 Å². The molecule has 0 saturated carbocycles. The topological polar surface area (TPSA) is 117 Å². The van der Waals surface area contributed by atoms with E-state index in [1.807, 2.05) is 0 Å². The maximum absolute atomic E-state index is 12.4. The normalized spacial score (nSPS) is 26.0. The standard InChI is InChI=1S/C21H24N4O5S/c22-31(27,28)17-8-23-25-9-21(10-29-19(17)25)11-30-20(21)24(12-26)18-15-5-1-3-13(15)7-14-4-2-6-16(14)18/h7-8,12,20H,1-6,9-11H2,(H2,22,27,28). The van der Waals surface area contributed by atoms with Gasteiger partial charge in [-0.25, -0.2) is 18.2 Å². The third kappa shape index (κ3) is 2.71. The molecule has 1 fully saturated rings. The monoisotopic (exact) mass is 444 g/mol. The molecule has 164 valence electrons. The molecule has 1 aromatic heterocycles. The summed E-state index contributed by atoms with van der Waals surface area (Å²) >= 11 is 0. The maximum atomic E-state index is 12.4. The van der Waals surface area contributed by atoms with Crippen molar-refractivity contribution in [2.75, 3.05) is 18.1 Å². The molecule has 1 amide bonds. The quantitative estimate of drug-likeness (QED) is 0.701. The molecule has 2 unspecified atom stereocenters. The van der Waals surface area contributed by atoms with Crippen LogP contribution >= 0.6 is 0 Å². The van der Waals surface area contributed by atoms with Crippen LogP contribution in [0.25, 0.3) is 0 Å². The summed E-state index contributed by atoms with van der Waals surface area (Å²) in [5.41, 5.74) is 5.77. The van der Waals surface area contributed by atoms with E-state index >= 15 is 0 Å². The fraction of sp³-hybridized carbons (Fsp3) is 0.524. The molecule has 1 aromatic carbocycles. The van der Waals surface area contributed by atoms with Crippen LogP contribution in [-0.4, -0.2) is 44.1 Å². The van der Waals surface area contributed by atoms with Crippen molar-refractivity contribution in [1.29, 1.82) is 0 Å². The minimum atomic E-state index is -3.92. The first kappa shape index (κ1) is 19.3. The molecular weight excluding hydrogens is 420 g/mol. The third-order valence-corrected chi connectivity index (χ3v) is 8.04. The van der Waals surface area contributed by atoms with E-state index in [4.69, 9.17) is 14.6 Å². The van der Waals surface area contributed by atoms with E-state index in [2.05, 4.69) is 11.2 Å². The summed E-state index contributed by atoms with van der Waals surface area (Å²) in [5, 5.41) is 9.45. The van der Waals surface area contributed by atoms with Gasteiger partial charge in [-0.2, -0.15) is 5.10 Å². The van der Waals surface area contributed by atoms with Crippen LogP contribution in [0.2, 0.25) is 0 Å². The summed E-state index contributed by atoms with van der Waals surface area (Å²) in [6, 6.07) is 2.34. The van der Waals surface area contributed by atoms with Crippen molar-refractivity contribution >= 4 is 22.1 Å². The lowest BCUT2D eigenvalue weighted by Gasteiger charge is -2.53. The summed E-state index contributed by atoms with van der Waals surface area (Å²) in [4.78, 5) is 14.1. The number of carbonyl (C=O) groups is 1. The van der Waals surface area contributed by atoms with Gasteiger partial charge in [-0.3, -0.25) is 9.69 Å². The lowest BCUT2D eigenvalue weighted by atomic mass is 9.81. The molecule has 2 atom stereocenters. The highest BCUT2D eigenvalue weighted by Crippen LogP contribution is 2.48. The van der Waals surface area contributed by atoms with Crippen molar-refractivity contribution in [1.82, 2.24) is 9.78 Å². The van der Waals surface area contributed by atoms with Gasteiger partial charge in [0.2, 0.25) is 22.3 Å². The molecule has 4 aliphatic rings. The number of carbonyl (C=O) groups excluding carboxylic acids is 1. The lowest BCUT2D eigenvalue weighted by molar-refractivity contribution is -0.216. The van der Waals surface area contributed by atoms with Crippen LogP contribution in [0.3, 0.4) is 0 Å². The van der Waals surface area contributed by atoms with Gasteiger partial charge < -0.3 is 9.47 Å². The number of fused-ring (bicyclic) bond motifs is 3. The first-order valence-electron chi connectivity index (χ1n) is 10.6. The summed E-state index contributed by atoms with van der Waals surface area (Å²) < 4.78 is 36.9. The first-order chi connectivity index (χ1) is 14.9. The minimum absolute atomic E-state index is 0.120. The molecule has 1 saturated heterocycles. The van der Waals surface area contributed by atoms with Gasteiger partial charge >= 0.3 is 0 Å². The van der Waals surface area contributed by atoms with Gasteiger partial charge in [-0.1, -0.05) is 6.07 Å². The number of nitrogens with two attached hydrogens (primary N) is 1. The zero-order valence-electron chi connectivity index (χ0n) is 17.0. The summed E-state index contributed by atoms with van der Waals surface area (Å²) in [6.45, 7) is 1.03. The Kier molecular flexibility index (Phi) is 4.06. The highest BCUT2D eigenvalue weighted by atomic mass is 32.2. The molecular formula is C21H24N4O5S. The van der Waals surface area contributed by atoms with Crippen LogP contribution in [0, 0.1) is 5.41 Å². The smallest absolute Gasteiger partial charge is 0.245 e. The largest absolute Gasteiger partial charge is 0.476 e. The van der Waals surface area contributed by atoms with Crippen LogP contribution in [0.1, 0.15) is 35.1 Å². The molecule has 2 aromatic rings. The van der Waals surface area contributed by atoms with Gasteiger partial charge in [0.15, 0.2) is 4.90 Å². The van der Waals surface area contributed by atoms with Crippen LogP contribution < -0.4 is 14.8 Å². The highest BCUT2D eigenvalue weighted by molar-refractivity contribution is 7.89. The van der Waals surface area contributed by atoms with Gasteiger partial charge in [0.1, 0.15) is 12.8 Å². The van der Waals surface area contributed by atoms with E-state index in [1.165, 1.54) is 33.1 Å². The van der Waals surface area contributed by atoms with Crippen molar-refractivity contribution < 1.29 is 22.7 Å². The Hall–Kier alpha value is -2.43. The first-order valence-corrected chi connectivity index (χ1v) is 12.2. The molecule has 9 nitrogen and oxygen atoms in total. The number of benzene rings is 1. The van der Waals surface area contributed by atoms with Crippen LogP contribution in [0.4, 0.5) is 5.69 Å². The van der Waals surface area contributed by atoms with Crippen molar-refractivity contribution in [3.63, 3.8) is 0 Å². The van der Waals surface area contributed by atoms with Crippen molar-refractivity contribution in [3.8, 4) is 5.88 Å². The van der Waals surface area contributed by atoms with Gasteiger partial charge in [0.25, 0.3) is 0 Å². The van der Waals surface area contributed by atoms with Gasteiger partial charge in [-0.05, 0) is 60.8 Å². The fourth-order valence-electron chi connectivity index (χ4n) is 5.70. The number of nitrogens with zero attached hydrogens (tertiary/aromatic N) is 3. The molecule has 1 spiro atoms. The maximum Gasteiger partial charge on any atom is 0.245 e. The minimum Gasteiger partial charge on any atom is -0.476 e. The molecule has 31 heavy (non-hydrogen) atoms. The summed E-state index contributed by atoms with van der Waals surface area (Å²) in [5.74, 6) is 0.151. The zero-order chi connectivity index (χ0) is 21.4. The Balaban J connectivity index is 1.38. The Morgan fingerprint density at radius 1 is 1.16 bits per heavy atom. The Bertz CT molecular complexity index is 1170. The predicted octanol–water partition coefficient (Wildman–Crippen LogP) is 0.906. The number of ether oxygens (including phenoxy) is 2. The lowest BCUT2D eigenvalue weighted by Crippen LogP contribution is -2.66. The van der Waals surface area contributed by atoms with Gasteiger partial charge in [0, 0.05) is 0 Å². The van der Waals surface area contributed by atoms with Crippen molar-refractivity contribution in [2.45, 2.75) is 56.2 Å². The number of sulfonamides is 1. The number of aryl methyl sites for hydroxylation is 2. The third-order valence-electron chi connectivity index (χ3n) is 7.15. The number of hydrogen-bond donors (Lipinski definition) is 1. The Morgan fingerprint density at radius 2 is 1.87 bits per heavy atom. The predicted molar refractivity (Wildman–Crippen MR) is 110 cm³/mol. The van der Waals surface area contributed by atoms with Crippen LogP contribution in [0.5, 0.6) is 5.88 Å². The van der Waals surface area contributed by atoms with Crippen LogP contribution in [0.15, 0.2) is 17.2 Å². The molecule has 3 heterocycles. The zero-order valence-corrected chi connectivity index (χ0v) is 17.9. The number of primary sulfonamides is 1. The average Bonchev–Trinajstić information content (AvgIpc) is 3.46. The van der Waals surface area contributed by atoms with E-state index < -0.39 is 21.7 Å². The molecule has 6 rings (SSSR count). The second-order valence-electron chi connectivity index (χ2n) is 9.05. The summed E-state index contributed by atoms with van der Waals surface area (Å²) in [7, 11) is -3.92. The Morgan fingerprint density at radius 3 is 2.45 bits per heavy atom. The average molecular weight is 445 g/mol. The molecule has 0 radical (unpaired) electrons. The van der Waals surface area contributed by atoms with Crippen molar-refractivity contribution in [2.24, 2.45) is 10.6 Å². The molecule has 2 aliphatic heterocycles. The van der Waals surface area contributed by atoms with E-state index in [9.17, 15) is 13.2 Å². The fourth-order valence-corrected chi connectivity index (χ4v) is 6.30. The molecule has 2 N–H and O–H groups in total. The number of rotatable bonds is 4. The Labute approximate surface area is 180 Å². The molecule has 0 bridgehead atoms. The number of amides is 1.